The van der Waals surface area contributed by atoms with E-state index in [2.05, 4.69) is 57.2 Å². The highest BCUT2D eigenvalue weighted by Crippen LogP contribution is 2.16. The van der Waals surface area contributed by atoms with Crippen molar-refractivity contribution in [1.82, 2.24) is 0 Å². The van der Waals surface area contributed by atoms with Crippen molar-refractivity contribution in [1.29, 1.82) is 0 Å². The first-order valence-electron chi connectivity index (χ1n) is 28.5. The molecular formula is C59H108O6. The molecular weight excluding hydrogens is 805 g/mol. The number of unbranched alkanes of at least 4 members (excludes halogenated alkanes) is 35. The van der Waals surface area contributed by atoms with E-state index in [1.165, 1.54) is 173 Å². The number of carbonyl (C=O) groups is 3. The fraction of sp³-hybridized carbons (Fsp3) is 0.847. The smallest absolute Gasteiger partial charge is 0.306 e. The Morgan fingerprint density at radius 1 is 0.308 bits per heavy atom. The second kappa shape index (κ2) is 54.2. The molecule has 0 N–H and O–H groups in total. The van der Waals surface area contributed by atoms with Gasteiger partial charge in [-0.15, -0.1) is 0 Å². The van der Waals surface area contributed by atoms with Crippen LogP contribution < -0.4 is 0 Å². The lowest BCUT2D eigenvalue weighted by molar-refractivity contribution is -0.167. The maximum absolute atomic E-state index is 12.8. The third-order valence-corrected chi connectivity index (χ3v) is 12.6. The molecule has 1 atom stereocenters. The Bertz CT molecular complexity index is 1090. The Kier molecular flexibility index (Phi) is 52.3. The van der Waals surface area contributed by atoms with Crippen LogP contribution in [-0.2, 0) is 28.6 Å². The summed E-state index contributed by atoms with van der Waals surface area (Å²) >= 11 is 0. The molecule has 0 radical (unpaired) electrons. The molecule has 0 saturated heterocycles. The second-order valence-corrected chi connectivity index (χ2v) is 19.2. The minimum absolute atomic E-state index is 0.0770. The molecule has 0 aliphatic rings. The molecule has 0 bridgehead atoms. The van der Waals surface area contributed by atoms with Gasteiger partial charge in [0, 0.05) is 19.3 Å². The van der Waals surface area contributed by atoms with Gasteiger partial charge >= 0.3 is 17.9 Å². The standard InChI is InChI=1S/C59H108O6/c1-4-7-10-13-16-19-22-25-28-29-32-34-37-40-43-46-49-52-58(61)64-55-56(65-59(62)53-50-47-44-41-38-35-31-27-24-21-18-15-12-9-6-3)54-63-57(60)51-48-45-42-39-36-33-30-26-23-20-17-14-11-8-5-2/h18,21,26-27,30-31,56H,4-17,19-20,22-25,28-29,32-55H2,1-3H3/b21-18-,30-26-,31-27-. The molecule has 0 aliphatic heterocycles. The lowest BCUT2D eigenvalue weighted by Crippen LogP contribution is -2.30. The Labute approximate surface area is 404 Å². The van der Waals surface area contributed by atoms with E-state index >= 15 is 0 Å². The van der Waals surface area contributed by atoms with E-state index in [9.17, 15) is 14.4 Å². The highest BCUT2D eigenvalue weighted by molar-refractivity contribution is 5.71. The van der Waals surface area contributed by atoms with Gasteiger partial charge in [-0.05, 0) is 77.0 Å². The molecule has 0 aromatic heterocycles. The number of allylic oxidation sites excluding steroid dienone is 6. The molecule has 0 aromatic rings. The summed E-state index contributed by atoms with van der Waals surface area (Å²) in [4.78, 5) is 38.1. The third-order valence-electron chi connectivity index (χ3n) is 12.6. The van der Waals surface area contributed by atoms with Crippen molar-refractivity contribution in [3.8, 4) is 0 Å². The Hall–Kier alpha value is -2.37. The van der Waals surface area contributed by atoms with E-state index < -0.39 is 6.10 Å². The molecule has 0 amide bonds. The monoisotopic (exact) mass is 913 g/mol. The Morgan fingerprint density at radius 3 is 0.892 bits per heavy atom. The zero-order valence-electron chi connectivity index (χ0n) is 43.5. The van der Waals surface area contributed by atoms with Crippen molar-refractivity contribution in [2.24, 2.45) is 0 Å². The van der Waals surface area contributed by atoms with E-state index in [4.69, 9.17) is 14.2 Å². The summed E-state index contributed by atoms with van der Waals surface area (Å²) in [5.74, 6) is -0.884. The van der Waals surface area contributed by atoms with Crippen LogP contribution in [0.1, 0.15) is 303 Å². The van der Waals surface area contributed by atoms with Crippen LogP contribution in [0.5, 0.6) is 0 Å². The largest absolute Gasteiger partial charge is 0.462 e. The fourth-order valence-corrected chi connectivity index (χ4v) is 8.29. The van der Waals surface area contributed by atoms with Crippen molar-refractivity contribution < 1.29 is 28.6 Å². The molecule has 380 valence electrons. The molecule has 0 spiro atoms. The summed E-state index contributed by atoms with van der Waals surface area (Å²) in [6, 6.07) is 0. The van der Waals surface area contributed by atoms with Gasteiger partial charge in [0.15, 0.2) is 6.10 Å². The van der Waals surface area contributed by atoms with Gasteiger partial charge in [0.05, 0.1) is 0 Å². The molecule has 0 fully saturated rings. The number of ether oxygens (including phenoxy) is 3. The first-order valence-corrected chi connectivity index (χ1v) is 28.5. The van der Waals surface area contributed by atoms with Crippen molar-refractivity contribution in [2.45, 2.75) is 309 Å². The molecule has 6 nitrogen and oxygen atoms in total. The molecule has 0 aromatic carbocycles. The number of carbonyl (C=O) groups excluding carboxylic acids is 3. The van der Waals surface area contributed by atoms with Gasteiger partial charge in [-0.2, -0.15) is 0 Å². The third kappa shape index (κ3) is 52.5. The molecule has 0 saturated carbocycles. The van der Waals surface area contributed by atoms with E-state index in [1.807, 2.05) is 0 Å². The van der Waals surface area contributed by atoms with E-state index in [0.717, 1.165) is 89.9 Å². The van der Waals surface area contributed by atoms with Gasteiger partial charge in [0.2, 0.25) is 0 Å². The minimum Gasteiger partial charge on any atom is -0.462 e. The topological polar surface area (TPSA) is 78.9 Å². The number of hydrogen-bond acceptors (Lipinski definition) is 6. The normalized spacial score (nSPS) is 12.2. The van der Waals surface area contributed by atoms with E-state index in [1.54, 1.807) is 0 Å². The summed E-state index contributed by atoms with van der Waals surface area (Å²) in [6.45, 7) is 6.63. The second-order valence-electron chi connectivity index (χ2n) is 19.2. The summed E-state index contributed by atoms with van der Waals surface area (Å²) in [6.07, 6.45) is 64.1. The summed E-state index contributed by atoms with van der Waals surface area (Å²) in [5, 5.41) is 0. The van der Waals surface area contributed by atoms with Crippen LogP contribution in [0.25, 0.3) is 0 Å². The number of hydrogen-bond donors (Lipinski definition) is 0. The van der Waals surface area contributed by atoms with Crippen LogP contribution in [0.4, 0.5) is 0 Å². The van der Waals surface area contributed by atoms with Crippen LogP contribution >= 0.6 is 0 Å². The highest BCUT2D eigenvalue weighted by Gasteiger charge is 2.19. The first-order chi connectivity index (χ1) is 32.0. The van der Waals surface area contributed by atoms with Gasteiger partial charge in [0.1, 0.15) is 13.2 Å². The number of rotatable bonds is 52. The molecule has 1 unspecified atom stereocenters. The summed E-state index contributed by atoms with van der Waals surface area (Å²) in [5.41, 5.74) is 0. The molecule has 0 aliphatic carbocycles. The number of esters is 3. The Morgan fingerprint density at radius 2 is 0.554 bits per heavy atom. The highest BCUT2D eigenvalue weighted by atomic mass is 16.6. The fourth-order valence-electron chi connectivity index (χ4n) is 8.29. The predicted octanol–water partition coefficient (Wildman–Crippen LogP) is 18.9. The van der Waals surface area contributed by atoms with Gasteiger partial charge in [-0.3, -0.25) is 14.4 Å². The summed E-state index contributed by atoms with van der Waals surface area (Å²) in [7, 11) is 0. The minimum atomic E-state index is -0.780. The van der Waals surface area contributed by atoms with Crippen molar-refractivity contribution in [3.05, 3.63) is 36.5 Å². The van der Waals surface area contributed by atoms with Crippen molar-refractivity contribution in [3.63, 3.8) is 0 Å². The first kappa shape index (κ1) is 62.6. The van der Waals surface area contributed by atoms with Crippen molar-refractivity contribution in [2.75, 3.05) is 13.2 Å². The maximum atomic E-state index is 12.8. The van der Waals surface area contributed by atoms with Gasteiger partial charge in [-0.1, -0.05) is 243 Å². The maximum Gasteiger partial charge on any atom is 0.306 e. The van der Waals surface area contributed by atoms with Crippen LogP contribution in [0.2, 0.25) is 0 Å². The zero-order chi connectivity index (χ0) is 47.2. The lowest BCUT2D eigenvalue weighted by atomic mass is 10.0. The van der Waals surface area contributed by atoms with Gasteiger partial charge < -0.3 is 14.2 Å². The zero-order valence-corrected chi connectivity index (χ0v) is 43.5. The average Bonchev–Trinajstić information content (AvgIpc) is 3.30. The quantitative estimate of drug-likeness (QED) is 0.0262. The average molecular weight is 914 g/mol. The van der Waals surface area contributed by atoms with Gasteiger partial charge in [-0.25, -0.2) is 0 Å². The summed E-state index contributed by atoms with van der Waals surface area (Å²) < 4.78 is 16.9. The van der Waals surface area contributed by atoms with Gasteiger partial charge in [0.25, 0.3) is 0 Å². The molecule has 65 heavy (non-hydrogen) atoms. The SMILES string of the molecule is CCCCC/C=C\C/C=C\CCCCCCCC(=O)OC(COC(=O)CCCCCCC/C=C\CCCCCCCC)COC(=O)CCCCCCCCCCCCCCCCCCC. The predicted molar refractivity (Wildman–Crippen MR) is 279 cm³/mol. The van der Waals surface area contributed by atoms with Crippen LogP contribution in [0, 0.1) is 0 Å². The molecule has 0 heterocycles. The van der Waals surface area contributed by atoms with E-state index in [-0.39, 0.29) is 31.1 Å². The molecule has 0 rings (SSSR count). The Balaban J connectivity index is 4.37. The lowest BCUT2D eigenvalue weighted by Gasteiger charge is -2.18. The van der Waals surface area contributed by atoms with Crippen molar-refractivity contribution >= 4 is 17.9 Å². The van der Waals surface area contributed by atoms with Crippen LogP contribution in [-0.4, -0.2) is 37.2 Å². The molecule has 6 heteroatoms. The van der Waals surface area contributed by atoms with Crippen LogP contribution in [0.15, 0.2) is 36.5 Å². The van der Waals surface area contributed by atoms with E-state index in [0.29, 0.717) is 19.3 Å². The van der Waals surface area contributed by atoms with Crippen LogP contribution in [0.3, 0.4) is 0 Å².